The summed E-state index contributed by atoms with van der Waals surface area (Å²) in [6, 6.07) is 3.36. The van der Waals surface area contributed by atoms with Gasteiger partial charge in [-0.05, 0) is 11.6 Å². The number of rotatable bonds is 10. The average molecular weight is 412 g/mol. The number of benzene rings is 1. The highest BCUT2D eigenvalue weighted by Gasteiger charge is 2.40. The number of piperidine rings is 1. The van der Waals surface area contributed by atoms with Crippen LogP contribution in [0.1, 0.15) is 0 Å². The molecule has 0 saturated carbocycles. The molecule has 0 aromatic heterocycles. The molecule has 1 aromatic rings. The third kappa shape index (κ3) is 5.98. The fraction of sp³-hybridized carbons (Fsp3) is 0.625. The smallest absolute Gasteiger partial charge is 0.292 e. The zero-order valence-electron chi connectivity index (χ0n) is 15.5. The quantitative estimate of drug-likeness (QED) is 0.0856. The van der Waals surface area contributed by atoms with E-state index in [1.165, 1.54) is 18.2 Å². The van der Waals surface area contributed by atoms with Gasteiger partial charge in [-0.1, -0.05) is 11.2 Å². The molecule has 0 unspecified atom stereocenters. The SMILES string of the molecule is [N-]=[N+]=Nc1ccc(NCCOCCN2C[C@H](O)[C@@H](O)[C@H](O)[C@H]2CO)c([N+](=O)[O-])c1. The van der Waals surface area contributed by atoms with Crippen molar-refractivity contribution in [2.24, 2.45) is 5.11 Å². The van der Waals surface area contributed by atoms with Crippen LogP contribution in [0.5, 0.6) is 0 Å². The lowest BCUT2D eigenvalue weighted by atomic mass is 9.94. The van der Waals surface area contributed by atoms with E-state index in [-0.39, 0.29) is 50.0 Å². The maximum absolute atomic E-state index is 11.1. The molecule has 1 aromatic carbocycles. The van der Waals surface area contributed by atoms with Crippen molar-refractivity contribution in [1.82, 2.24) is 4.90 Å². The predicted molar refractivity (Wildman–Crippen MR) is 102 cm³/mol. The Labute approximate surface area is 165 Å². The van der Waals surface area contributed by atoms with Crippen LogP contribution < -0.4 is 5.32 Å². The first-order valence-corrected chi connectivity index (χ1v) is 8.93. The van der Waals surface area contributed by atoms with Crippen molar-refractivity contribution in [3.05, 3.63) is 38.8 Å². The van der Waals surface area contributed by atoms with Crippen LogP contribution in [0, 0.1) is 10.1 Å². The summed E-state index contributed by atoms with van der Waals surface area (Å²) >= 11 is 0. The molecule has 0 spiro atoms. The largest absolute Gasteiger partial charge is 0.395 e. The summed E-state index contributed by atoms with van der Waals surface area (Å²) in [6.45, 7) is 0.755. The van der Waals surface area contributed by atoms with Crippen LogP contribution in [0.4, 0.5) is 17.1 Å². The van der Waals surface area contributed by atoms with E-state index >= 15 is 0 Å². The minimum atomic E-state index is -1.31. The van der Waals surface area contributed by atoms with Crippen LogP contribution >= 0.6 is 0 Å². The lowest BCUT2D eigenvalue weighted by Gasteiger charge is -2.43. The summed E-state index contributed by atoms with van der Waals surface area (Å²) in [5.74, 6) is 0. The molecule has 0 aliphatic carbocycles. The Hall–Kier alpha value is -2.51. The minimum Gasteiger partial charge on any atom is -0.395 e. The second-order valence-electron chi connectivity index (χ2n) is 6.48. The van der Waals surface area contributed by atoms with Crippen LogP contribution in [0.25, 0.3) is 10.4 Å². The van der Waals surface area contributed by atoms with Gasteiger partial charge in [-0.25, -0.2) is 0 Å². The molecule has 29 heavy (non-hydrogen) atoms. The highest BCUT2D eigenvalue weighted by molar-refractivity contribution is 5.66. The van der Waals surface area contributed by atoms with Crippen LogP contribution in [-0.2, 0) is 4.74 Å². The number of β-amino-alcohol motifs (C(OH)–C–C–N with tert-alkyl or cyclic N) is 1. The molecule has 2 rings (SSSR count). The molecule has 5 N–H and O–H groups in total. The third-order valence-corrected chi connectivity index (χ3v) is 4.64. The fourth-order valence-corrected chi connectivity index (χ4v) is 3.11. The molecule has 1 saturated heterocycles. The van der Waals surface area contributed by atoms with Gasteiger partial charge in [-0.3, -0.25) is 15.0 Å². The average Bonchev–Trinajstić information content (AvgIpc) is 2.69. The number of ether oxygens (including phenoxy) is 1. The normalized spacial score (nSPS) is 24.7. The van der Waals surface area contributed by atoms with Gasteiger partial charge in [-0.15, -0.1) is 0 Å². The fourth-order valence-electron chi connectivity index (χ4n) is 3.11. The van der Waals surface area contributed by atoms with Gasteiger partial charge in [0.15, 0.2) is 0 Å². The van der Waals surface area contributed by atoms with Crippen LogP contribution in [-0.4, -0.2) is 94.1 Å². The number of nitro benzene ring substituents is 1. The predicted octanol–water partition coefficient (Wildman–Crippen LogP) is -0.276. The van der Waals surface area contributed by atoms with E-state index in [1.54, 1.807) is 4.90 Å². The summed E-state index contributed by atoms with van der Waals surface area (Å²) in [5.41, 5.74) is 8.57. The number of nitrogens with zero attached hydrogens (tertiary/aromatic N) is 5. The van der Waals surface area contributed by atoms with Gasteiger partial charge in [0, 0.05) is 36.3 Å². The van der Waals surface area contributed by atoms with E-state index in [4.69, 9.17) is 10.3 Å². The number of hydrogen-bond acceptors (Lipinski definition) is 10. The summed E-state index contributed by atoms with van der Waals surface area (Å²) < 4.78 is 5.46. The number of nitrogens with one attached hydrogen (secondary N) is 1. The first kappa shape index (κ1) is 22.8. The van der Waals surface area contributed by atoms with Crippen molar-refractivity contribution < 1.29 is 30.1 Å². The molecule has 1 aliphatic rings. The Kier molecular flexibility index (Phi) is 8.54. The second-order valence-corrected chi connectivity index (χ2v) is 6.48. The Morgan fingerprint density at radius 2 is 2.10 bits per heavy atom. The van der Waals surface area contributed by atoms with Gasteiger partial charge in [0.05, 0.1) is 36.9 Å². The summed E-state index contributed by atoms with van der Waals surface area (Å²) in [6.07, 6.45) is -3.70. The van der Waals surface area contributed by atoms with Crippen molar-refractivity contribution in [2.45, 2.75) is 24.4 Å². The topological polar surface area (TPSA) is 197 Å². The summed E-state index contributed by atoms with van der Waals surface area (Å²) in [4.78, 5) is 14.8. The number of azide groups is 1. The molecule has 1 heterocycles. The first-order chi connectivity index (χ1) is 13.9. The third-order valence-electron chi connectivity index (χ3n) is 4.64. The highest BCUT2D eigenvalue weighted by Crippen LogP contribution is 2.29. The Morgan fingerprint density at radius 1 is 1.34 bits per heavy atom. The van der Waals surface area contributed by atoms with E-state index in [0.717, 1.165) is 0 Å². The van der Waals surface area contributed by atoms with E-state index in [9.17, 15) is 30.5 Å². The number of likely N-dealkylation sites (tertiary alicyclic amines) is 1. The van der Waals surface area contributed by atoms with Gasteiger partial charge in [0.25, 0.3) is 5.69 Å². The number of anilines is 1. The summed E-state index contributed by atoms with van der Waals surface area (Å²) in [5, 5.41) is 56.1. The maximum atomic E-state index is 11.1. The van der Waals surface area contributed by atoms with Crippen LogP contribution in [0.3, 0.4) is 0 Å². The molecule has 4 atom stereocenters. The minimum absolute atomic E-state index is 0.0920. The van der Waals surface area contributed by atoms with Gasteiger partial charge in [0.2, 0.25) is 0 Å². The Balaban J connectivity index is 1.78. The van der Waals surface area contributed by atoms with Crippen molar-refractivity contribution in [1.29, 1.82) is 0 Å². The molecule has 0 amide bonds. The summed E-state index contributed by atoms with van der Waals surface area (Å²) in [7, 11) is 0. The number of hydrogen-bond donors (Lipinski definition) is 5. The molecule has 13 heteroatoms. The van der Waals surface area contributed by atoms with Crippen molar-refractivity contribution in [3.8, 4) is 0 Å². The van der Waals surface area contributed by atoms with Crippen LogP contribution in [0.15, 0.2) is 23.3 Å². The van der Waals surface area contributed by atoms with Gasteiger partial charge in [0.1, 0.15) is 17.9 Å². The molecular weight excluding hydrogens is 388 g/mol. The Morgan fingerprint density at radius 3 is 2.76 bits per heavy atom. The van der Waals surface area contributed by atoms with Crippen molar-refractivity contribution in [3.63, 3.8) is 0 Å². The molecular formula is C16H24N6O7. The molecule has 160 valence electrons. The first-order valence-electron chi connectivity index (χ1n) is 8.93. The maximum Gasteiger partial charge on any atom is 0.292 e. The molecule has 13 nitrogen and oxygen atoms in total. The number of aliphatic hydroxyl groups excluding tert-OH is 4. The number of nitro groups is 1. The van der Waals surface area contributed by atoms with Crippen molar-refractivity contribution in [2.75, 3.05) is 44.8 Å². The van der Waals surface area contributed by atoms with Gasteiger partial charge in [-0.2, -0.15) is 0 Å². The lowest BCUT2D eigenvalue weighted by molar-refractivity contribution is -0.383. The zero-order valence-corrected chi connectivity index (χ0v) is 15.5. The highest BCUT2D eigenvalue weighted by atomic mass is 16.6. The molecule has 1 fully saturated rings. The van der Waals surface area contributed by atoms with E-state index in [0.29, 0.717) is 6.54 Å². The molecule has 0 bridgehead atoms. The van der Waals surface area contributed by atoms with Crippen molar-refractivity contribution >= 4 is 17.1 Å². The number of aliphatic hydroxyl groups is 4. The second kappa shape index (κ2) is 10.9. The van der Waals surface area contributed by atoms with Crippen LogP contribution in [0.2, 0.25) is 0 Å². The van der Waals surface area contributed by atoms with Gasteiger partial charge >= 0.3 is 0 Å². The standard InChI is InChI=1S/C16H24N6O7/c17-20-19-10-1-2-11(12(7-10)22(27)28)18-3-5-29-6-4-21-8-14(24)16(26)15(25)13(21)9-23/h1-2,7,13-16,18,23-26H,3-6,8-9H2/t13-,14+,15-,16-/m1/s1. The Bertz CT molecular complexity index is 744. The molecule has 1 aliphatic heterocycles. The van der Waals surface area contributed by atoms with Gasteiger partial charge < -0.3 is 30.5 Å². The lowest BCUT2D eigenvalue weighted by Crippen LogP contribution is -2.62. The van der Waals surface area contributed by atoms with E-state index in [1.807, 2.05) is 0 Å². The van der Waals surface area contributed by atoms with E-state index < -0.39 is 29.3 Å². The zero-order chi connectivity index (χ0) is 21.4. The van der Waals surface area contributed by atoms with E-state index in [2.05, 4.69) is 15.3 Å². The molecule has 0 radical (unpaired) electrons. The monoisotopic (exact) mass is 412 g/mol.